The number of hydrogen-bond acceptors (Lipinski definition) is 5. The van der Waals surface area contributed by atoms with Gasteiger partial charge in [-0.05, 0) is 17.9 Å². The fraction of sp³-hybridized carbons (Fsp3) is 0.556. The lowest BCUT2D eigenvalue weighted by molar-refractivity contribution is 0.699. The summed E-state index contributed by atoms with van der Waals surface area (Å²) in [6.45, 7) is 3.09. The predicted octanol–water partition coefficient (Wildman–Crippen LogP) is 1.47. The van der Waals surface area contributed by atoms with Gasteiger partial charge in [0.15, 0.2) is 5.82 Å². The van der Waals surface area contributed by atoms with Crippen molar-refractivity contribution in [2.75, 3.05) is 29.6 Å². The Hall–Kier alpha value is -0.970. The van der Waals surface area contributed by atoms with Crippen LogP contribution in [0.4, 0.5) is 11.5 Å². The van der Waals surface area contributed by atoms with E-state index in [1.807, 2.05) is 11.8 Å². The van der Waals surface area contributed by atoms with E-state index in [-0.39, 0.29) is 0 Å². The zero-order chi connectivity index (χ0) is 10.4. The van der Waals surface area contributed by atoms with Gasteiger partial charge in [-0.2, -0.15) is 11.8 Å². The molecule has 4 nitrogen and oxygen atoms in total. The Morgan fingerprint density at radius 2 is 2.43 bits per heavy atom. The Balaban J connectivity index is 2.41. The molecule has 1 rings (SSSR count). The molecule has 1 aromatic rings. The quantitative estimate of drug-likeness (QED) is 0.774. The molecule has 0 fully saturated rings. The fourth-order valence-electron chi connectivity index (χ4n) is 1.10. The summed E-state index contributed by atoms with van der Waals surface area (Å²) in [5, 5.41) is 3.21. The summed E-state index contributed by atoms with van der Waals surface area (Å²) < 4.78 is 0. The maximum atomic E-state index is 5.69. The molecule has 0 saturated carbocycles. The van der Waals surface area contributed by atoms with Crippen LogP contribution >= 0.6 is 11.8 Å². The topological polar surface area (TPSA) is 63.8 Å². The maximum absolute atomic E-state index is 5.69. The third-order valence-corrected chi connectivity index (χ3v) is 2.71. The van der Waals surface area contributed by atoms with E-state index in [1.54, 1.807) is 6.20 Å². The summed E-state index contributed by atoms with van der Waals surface area (Å²) in [4.78, 5) is 7.88. The Kier molecular flexibility index (Phi) is 4.52. The standard InChI is InChI=1S/C9H16N4S/c1-7(5-14-2)3-12-9-8(10)4-11-6-13-9/h4,6-7H,3,5,10H2,1-2H3,(H,11,12,13). The van der Waals surface area contributed by atoms with Gasteiger partial charge in [-0.15, -0.1) is 0 Å². The summed E-state index contributed by atoms with van der Waals surface area (Å²) in [5.41, 5.74) is 6.29. The molecule has 1 aromatic heterocycles. The van der Waals surface area contributed by atoms with E-state index in [9.17, 15) is 0 Å². The van der Waals surface area contributed by atoms with E-state index in [0.29, 0.717) is 11.6 Å². The molecule has 0 radical (unpaired) electrons. The van der Waals surface area contributed by atoms with Gasteiger partial charge in [0, 0.05) is 6.54 Å². The number of hydrogen-bond donors (Lipinski definition) is 2. The lowest BCUT2D eigenvalue weighted by Crippen LogP contribution is -2.15. The number of nitrogens with zero attached hydrogens (tertiary/aromatic N) is 2. The van der Waals surface area contributed by atoms with Crippen LogP contribution in [-0.2, 0) is 0 Å². The summed E-state index contributed by atoms with van der Waals surface area (Å²) in [7, 11) is 0. The second kappa shape index (κ2) is 5.70. The van der Waals surface area contributed by atoms with Crippen LogP contribution in [0.15, 0.2) is 12.5 Å². The van der Waals surface area contributed by atoms with Gasteiger partial charge in [0.25, 0.3) is 0 Å². The number of nitrogen functional groups attached to an aromatic ring is 1. The van der Waals surface area contributed by atoms with Crippen molar-refractivity contribution in [3.8, 4) is 0 Å². The molecule has 1 heterocycles. The number of nitrogens with one attached hydrogen (secondary N) is 1. The largest absolute Gasteiger partial charge is 0.394 e. The minimum atomic E-state index is 0.601. The second-order valence-corrected chi connectivity index (χ2v) is 4.18. The molecule has 3 N–H and O–H groups in total. The monoisotopic (exact) mass is 212 g/mol. The number of nitrogens with two attached hydrogens (primary N) is 1. The lowest BCUT2D eigenvalue weighted by Gasteiger charge is -2.12. The van der Waals surface area contributed by atoms with Gasteiger partial charge in [0.2, 0.25) is 0 Å². The van der Waals surface area contributed by atoms with Crippen molar-refractivity contribution in [3.63, 3.8) is 0 Å². The van der Waals surface area contributed by atoms with Gasteiger partial charge >= 0.3 is 0 Å². The SMILES string of the molecule is CSCC(C)CNc1ncncc1N. The zero-order valence-electron chi connectivity index (χ0n) is 8.53. The molecule has 14 heavy (non-hydrogen) atoms. The summed E-state index contributed by atoms with van der Waals surface area (Å²) >= 11 is 1.85. The predicted molar refractivity (Wildman–Crippen MR) is 62.5 cm³/mol. The molecule has 0 aliphatic heterocycles. The molecule has 1 atom stereocenters. The summed E-state index contributed by atoms with van der Waals surface area (Å²) in [6, 6.07) is 0. The highest BCUT2D eigenvalue weighted by atomic mass is 32.2. The molecule has 5 heteroatoms. The third-order valence-electron chi connectivity index (χ3n) is 1.81. The number of rotatable bonds is 5. The van der Waals surface area contributed by atoms with Crippen LogP contribution in [0.2, 0.25) is 0 Å². The summed E-state index contributed by atoms with van der Waals surface area (Å²) in [5.74, 6) is 2.48. The van der Waals surface area contributed by atoms with E-state index in [2.05, 4.69) is 28.5 Å². The van der Waals surface area contributed by atoms with Gasteiger partial charge < -0.3 is 11.1 Å². The number of anilines is 2. The average Bonchev–Trinajstić information content (AvgIpc) is 2.17. The van der Waals surface area contributed by atoms with E-state index >= 15 is 0 Å². The molecule has 0 amide bonds. The molecule has 0 saturated heterocycles. The second-order valence-electron chi connectivity index (χ2n) is 3.27. The molecule has 0 aromatic carbocycles. The first kappa shape index (κ1) is 11.1. The highest BCUT2D eigenvalue weighted by Gasteiger charge is 2.03. The van der Waals surface area contributed by atoms with Gasteiger partial charge in [0.05, 0.1) is 11.9 Å². The van der Waals surface area contributed by atoms with Crippen molar-refractivity contribution in [2.24, 2.45) is 5.92 Å². The van der Waals surface area contributed by atoms with E-state index in [4.69, 9.17) is 5.73 Å². The molecular weight excluding hydrogens is 196 g/mol. The average molecular weight is 212 g/mol. The molecule has 0 spiro atoms. The zero-order valence-corrected chi connectivity index (χ0v) is 9.34. The van der Waals surface area contributed by atoms with Crippen molar-refractivity contribution in [1.82, 2.24) is 9.97 Å². The highest BCUT2D eigenvalue weighted by molar-refractivity contribution is 7.98. The lowest BCUT2D eigenvalue weighted by atomic mass is 10.2. The fourth-order valence-corrected chi connectivity index (χ4v) is 1.79. The molecule has 0 aliphatic carbocycles. The van der Waals surface area contributed by atoms with Crippen LogP contribution in [-0.4, -0.2) is 28.5 Å². The smallest absolute Gasteiger partial charge is 0.152 e. The summed E-state index contributed by atoms with van der Waals surface area (Å²) in [6.07, 6.45) is 5.21. The van der Waals surface area contributed by atoms with E-state index in [0.717, 1.165) is 18.1 Å². The molecule has 0 bridgehead atoms. The molecule has 0 aliphatic rings. The van der Waals surface area contributed by atoms with E-state index < -0.39 is 0 Å². The van der Waals surface area contributed by atoms with Crippen molar-refractivity contribution < 1.29 is 0 Å². The van der Waals surface area contributed by atoms with Crippen molar-refractivity contribution in [1.29, 1.82) is 0 Å². The van der Waals surface area contributed by atoms with Crippen molar-refractivity contribution >= 4 is 23.3 Å². The molecule has 78 valence electrons. The number of thioether (sulfide) groups is 1. The van der Waals surface area contributed by atoms with Crippen LogP contribution in [0.3, 0.4) is 0 Å². The first-order chi connectivity index (χ1) is 6.74. The van der Waals surface area contributed by atoms with Gasteiger partial charge in [-0.25, -0.2) is 9.97 Å². The van der Waals surface area contributed by atoms with Crippen LogP contribution in [0, 0.1) is 5.92 Å². The molecule has 1 unspecified atom stereocenters. The Morgan fingerprint density at radius 1 is 1.64 bits per heavy atom. The van der Waals surface area contributed by atoms with Gasteiger partial charge in [-0.3, -0.25) is 0 Å². The minimum Gasteiger partial charge on any atom is -0.394 e. The van der Waals surface area contributed by atoms with Crippen LogP contribution in [0.5, 0.6) is 0 Å². The third kappa shape index (κ3) is 3.41. The van der Waals surface area contributed by atoms with Crippen LogP contribution in [0.1, 0.15) is 6.92 Å². The maximum Gasteiger partial charge on any atom is 0.152 e. The Labute approximate surface area is 88.7 Å². The molecular formula is C9H16N4S. The van der Waals surface area contributed by atoms with Crippen LogP contribution < -0.4 is 11.1 Å². The normalized spacial score (nSPS) is 12.4. The van der Waals surface area contributed by atoms with Gasteiger partial charge in [0.1, 0.15) is 6.33 Å². The number of aromatic nitrogens is 2. The first-order valence-corrected chi connectivity index (χ1v) is 5.91. The Bertz CT molecular complexity index is 279. The minimum absolute atomic E-state index is 0.601. The van der Waals surface area contributed by atoms with Gasteiger partial charge in [-0.1, -0.05) is 6.92 Å². The Morgan fingerprint density at radius 3 is 3.07 bits per heavy atom. The first-order valence-electron chi connectivity index (χ1n) is 4.52. The van der Waals surface area contributed by atoms with Crippen LogP contribution in [0.25, 0.3) is 0 Å². The highest BCUT2D eigenvalue weighted by Crippen LogP contribution is 2.12. The van der Waals surface area contributed by atoms with Crippen molar-refractivity contribution in [2.45, 2.75) is 6.92 Å². The van der Waals surface area contributed by atoms with E-state index in [1.165, 1.54) is 6.33 Å². The van der Waals surface area contributed by atoms with Crippen molar-refractivity contribution in [3.05, 3.63) is 12.5 Å².